The van der Waals surface area contributed by atoms with E-state index in [9.17, 15) is 18.8 Å². The lowest BCUT2D eigenvalue weighted by Crippen LogP contribution is -2.48. The Labute approximate surface area is 170 Å². The Hall–Kier alpha value is -2.81. The van der Waals surface area contributed by atoms with Gasteiger partial charge in [-0.3, -0.25) is 14.4 Å². The van der Waals surface area contributed by atoms with Crippen molar-refractivity contribution in [2.75, 3.05) is 12.9 Å². The molecule has 29 heavy (non-hydrogen) atoms. The molecule has 0 aliphatic carbocycles. The van der Waals surface area contributed by atoms with Crippen molar-refractivity contribution in [3.05, 3.63) is 63.3 Å². The lowest BCUT2D eigenvalue weighted by Gasteiger charge is -2.35. The average molecular weight is 417 g/mol. The number of carbonyl (C=O) groups is 2. The fourth-order valence-electron chi connectivity index (χ4n) is 3.69. The van der Waals surface area contributed by atoms with Crippen molar-refractivity contribution in [2.45, 2.75) is 31.4 Å². The van der Waals surface area contributed by atoms with Crippen LogP contribution in [0.5, 0.6) is 5.75 Å². The topological polar surface area (TPSA) is 80.6 Å². The number of nitrogens with zero attached hydrogens (tertiary/aromatic N) is 2. The summed E-state index contributed by atoms with van der Waals surface area (Å²) in [7, 11) is 1.32. The van der Waals surface area contributed by atoms with Gasteiger partial charge in [-0.2, -0.15) is 0 Å². The van der Waals surface area contributed by atoms with Gasteiger partial charge in [-0.05, 0) is 24.6 Å². The smallest absolute Gasteiger partial charge is 0.275 e. The zero-order valence-electron chi connectivity index (χ0n) is 16.0. The van der Waals surface area contributed by atoms with Gasteiger partial charge in [0.2, 0.25) is 5.43 Å². The molecule has 0 spiro atoms. The van der Waals surface area contributed by atoms with Gasteiger partial charge in [-0.1, -0.05) is 12.1 Å². The maximum absolute atomic E-state index is 13.0. The first-order valence-electron chi connectivity index (χ1n) is 9.19. The molecule has 1 fully saturated rings. The van der Waals surface area contributed by atoms with E-state index in [1.165, 1.54) is 25.4 Å². The third-order valence-corrected chi connectivity index (χ3v) is 6.59. The van der Waals surface area contributed by atoms with Crippen LogP contribution in [0.15, 0.2) is 35.3 Å². The molecule has 2 aliphatic heterocycles. The second-order valence-electron chi connectivity index (χ2n) is 7.06. The summed E-state index contributed by atoms with van der Waals surface area (Å²) in [6, 6.07) is 5.79. The Balaban J connectivity index is 1.65. The summed E-state index contributed by atoms with van der Waals surface area (Å²) in [6.45, 7) is 2.60. The predicted molar refractivity (Wildman–Crippen MR) is 107 cm³/mol. The maximum atomic E-state index is 13.0. The standard InChI is InChI=1S/C20H20FN3O4S/c1-11-10-29-15-9-23-8-14(17(25)18(28-2)16(23)20(27)24(11)15)19(26)22-7-12-3-5-13(21)6-4-12/h3-6,8,11,15H,7,9-10H2,1-2H3,(H,22,26)/t11-,15?/m0/s1. The lowest BCUT2D eigenvalue weighted by atomic mass is 10.1. The molecule has 1 saturated heterocycles. The fraction of sp³-hybridized carbons (Fsp3) is 0.350. The van der Waals surface area contributed by atoms with E-state index in [1.54, 1.807) is 33.4 Å². The Morgan fingerprint density at radius 1 is 1.31 bits per heavy atom. The van der Waals surface area contributed by atoms with Crippen LogP contribution >= 0.6 is 11.8 Å². The zero-order chi connectivity index (χ0) is 20.7. The van der Waals surface area contributed by atoms with Crippen LogP contribution in [-0.4, -0.2) is 45.6 Å². The van der Waals surface area contributed by atoms with Gasteiger partial charge < -0.3 is 19.5 Å². The summed E-state index contributed by atoms with van der Waals surface area (Å²) < 4.78 is 19.9. The number of hydrogen-bond donors (Lipinski definition) is 1. The van der Waals surface area contributed by atoms with Crippen molar-refractivity contribution in [3.63, 3.8) is 0 Å². The molecule has 1 aromatic carbocycles. The van der Waals surface area contributed by atoms with Crippen molar-refractivity contribution in [3.8, 4) is 5.75 Å². The fourth-order valence-corrected chi connectivity index (χ4v) is 5.08. The first-order valence-corrected chi connectivity index (χ1v) is 10.2. The molecule has 2 aromatic rings. The summed E-state index contributed by atoms with van der Waals surface area (Å²) in [6.07, 6.45) is 1.43. The molecule has 7 nitrogen and oxygen atoms in total. The Bertz CT molecular complexity index is 1040. The highest BCUT2D eigenvalue weighted by molar-refractivity contribution is 8.00. The Kier molecular flexibility index (Phi) is 5.08. The number of benzene rings is 1. The predicted octanol–water partition coefficient (Wildman–Crippen LogP) is 1.84. The SMILES string of the molecule is COc1c2n(cc(C(=O)NCc3ccc(F)cc3)c1=O)CC1SC[C@H](C)N1C2=O. The molecule has 0 saturated carbocycles. The minimum absolute atomic E-state index is 0.0349. The van der Waals surface area contributed by atoms with E-state index in [-0.39, 0.29) is 46.7 Å². The molecular weight excluding hydrogens is 397 g/mol. The number of halogens is 1. The van der Waals surface area contributed by atoms with E-state index in [1.807, 2.05) is 6.92 Å². The average Bonchev–Trinajstić information content (AvgIpc) is 3.08. The van der Waals surface area contributed by atoms with E-state index >= 15 is 0 Å². The number of amides is 2. The number of ether oxygens (including phenoxy) is 1. The molecule has 0 bridgehead atoms. The minimum atomic E-state index is -0.623. The molecule has 2 amide bonds. The van der Waals surface area contributed by atoms with Gasteiger partial charge in [0.25, 0.3) is 11.8 Å². The number of hydrogen-bond acceptors (Lipinski definition) is 5. The number of rotatable bonds is 4. The summed E-state index contributed by atoms with van der Waals surface area (Å²) >= 11 is 1.68. The zero-order valence-corrected chi connectivity index (χ0v) is 16.8. The number of thioether (sulfide) groups is 1. The number of carbonyl (C=O) groups excluding carboxylic acids is 2. The van der Waals surface area contributed by atoms with E-state index in [0.29, 0.717) is 12.1 Å². The molecule has 9 heteroatoms. The highest BCUT2D eigenvalue weighted by atomic mass is 32.2. The van der Waals surface area contributed by atoms with Gasteiger partial charge in [0.05, 0.1) is 19.0 Å². The van der Waals surface area contributed by atoms with Crippen LogP contribution in [0.2, 0.25) is 0 Å². The van der Waals surface area contributed by atoms with Crippen molar-refractivity contribution in [1.29, 1.82) is 0 Å². The lowest BCUT2D eigenvalue weighted by molar-refractivity contribution is 0.0633. The van der Waals surface area contributed by atoms with Crippen molar-refractivity contribution in [1.82, 2.24) is 14.8 Å². The maximum Gasteiger partial charge on any atom is 0.275 e. The third kappa shape index (κ3) is 3.39. The normalized spacial score (nSPS) is 20.2. The van der Waals surface area contributed by atoms with Crippen LogP contribution < -0.4 is 15.5 Å². The van der Waals surface area contributed by atoms with Gasteiger partial charge in [-0.15, -0.1) is 11.8 Å². The van der Waals surface area contributed by atoms with Crippen LogP contribution in [0.25, 0.3) is 0 Å². The van der Waals surface area contributed by atoms with Crippen molar-refractivity contribution in [2.24, 2.45) is 0 Å². The third-order valence-electron chi connectivity index (χ3n) is 5.16. The van der Waals surface area contributed by atoms with E-state index < -0.39 is 11.3 Å². The van der Waals surface area contributed by atoms with Crippen LogP contribution in [0, 0.1) is 5.82 Å². The number of pyridine rings is 1. The number of methoxy groups -OCH3 is 1. The van der Waals surface area contributed by atoms with Gasteiger partial charge in [0.1, 0.15) is 11.4 Å². The van der Waals surface area contributed by atoms with Crippen LogP contribution in [0.1, 0.15) is 33.3 Å². The molecule has 4 rings (SSSR count). The molecule has 1 aromatic heterocycles. The summed E-state index contributed by atoms with van der Waals surface area (Å²) in [4.78, 5) is 40.3. The van der Waals surface area contributed by atoms with Gasteiger partial charge in [0.15, 0.2) is 11.4 Å². The highest BCUT2D eigenvalue weighted by Gasteiger charge is 2.42. The Morgan fingerprint density at radius 3 is 2.72 bits per heavy atom. The first kappa shape index (κ1) is 19.5. The quantitative estimate of drug-likeness (QED) is 0.821. The summed E-state index contributed by atoms with van der Waals surface area (Å²) in [5.41, 5.74) is 0.164. The van der Waals surface area contributed by atoms with E-state index in [0.717, 1.165) is 5.75 Å². The monoisotopic (exact) mass is 417 g/mol. The van der Waals surface area contributed by atoms with E-state index in [2.05, 4.69) is 5.32 Å². The van der Waals surface area contributed by atoms with Gasteiger partial charge >= 0.3 is 0 Å². The Morgan fingerprint density at radius 2 is 2.03 bits per heavy atom. The van der Waals surface area contributed by atoms with Gasteiger partial charge in [0, 0.05) is 24.5 Å². The van der Waals surface area contributed by atoms with Crippen LogP contribution in [0.3, 0.4) is 0 Å². The van der Waals surface area contributed by atoms with Crippen LogP contribution in [-0.2, 0) is 13.1 Å². The number of aromatic nitrogens is 1. The van der Waals surface area contributed by atoms with Gasteiger partial charge in [-0.25, -0.2) is 4.39 Å². The molecule has 1 unspecified atom stereocenters. The highest BCUT2D eigenvalue weighted by Crippen LogP contribution is 2.36. The molecule has 0 radical (unpaired) electrons. The molecular formula is C20H20FN3O4S. The largest absolute Gasteiger partial charge is 0.491 e. The second kappa shape index (κ2) is 7.55. The second-order valence-corrected chi connectivity index (χ2v) is 8.28. The van der Waals surface area contributed by atoms with Crippen molar-refractivity contribution >= 4 is 23.6 Å². The number of fused-ring (bicyclic) bond motifs is 2. The molecule has 3 heterocycles. The minimum Gasteiger partial charge on any atom is -0.491 e. The van der Waals surface area contributed by atoms with Crippen molar-refractivity contribution < 1.29 is 18.7 Å². The first-order chi connectivity index (χ1) is 13.9. The molecule has 152 valence electrons. The van der Waals surface area contributed by atoms with Crippen LogP contribution in [0.4, 0.5) is 4.39 Å². The number of nitrogens with one attached hydrogen (secondary N) is 1. The van der Waals surface area contributed by atoms with E-state index in [4.69, 9.17) is 4.74 Å². The molecule has 2 aliphatic rings. The summed E-state index contributed by atoms with van der Waals surface area (Å²) in [5.74, 6) is -0.494. The molecule has 2 atom stereocenters. The summed E-state index contributed by atoms with van der Waals surface area (Å²) in [5, 5.41) is 2.63. The molecule has 1 N–H and O–H groups in total.